The van der Waals surface area contributed by atoms with Gasteiger partial charge in [-0.15, -0.1) is 0 Å². The number of carbonyl (C=O) groups excluding carboxylic acids is 1. The molecule has 24 heavy (non-hydrogen) atoms. The van der Waals surface area contributed by atoms with E-state index in [9.17, 15) is 4.79 Å². The first-order valence-corrected chi connectivity index (χ1v) is 10.0. The Bertz CT molecular complexity index is 331. The molecule has 4 heteroatoms. The van der Waals surface area contributed by atoms with Crippen LogP contribution in [-0.2, 0) is 9.53 Å². The lowest BCUT2D eigenvalue weighted by Crippen LogP contribution is -2.36. The van der Waals surface area contributed by atoms with Crippen LogP contribution in [0.2, 0.25) is 0 Å². The van der Waals surface area contributed by atoms with E-state index in [1.54, 1.807) is 0 Å². The molecule has 1 fully saturated rings. The molecular weight excluding hydrogens is 300 g/mol. The number of hydrogen-bond donors (Lipinski definition) is 1. The summed E-state index contributed by atoms with van der Waals surface area (Å²) >= 11 is 0. The lowest BCUT2D eigenvalue weighted by Gasteiger charge is -2.31. The highest BCUT2D eigenvalue weighted by atomic mass is 16.6. The molecule has 0 atom stereocenters. The molecule has 0 aromatic heterocycles. The molecule has 1 aliphatic heterocycles. The Morgan fingerprint density at radius 2 is 1.54 bits per heavy atom. The van der Waals surface area contributed by atoms with Crippen molar-refractivity contribution in [2.75, 3.05) is 26.2 Å². The molecule has 1 rings (SSSR count). The average molecular weight is 341 g/mol. The van der Waals surface area contributed by atoms with Crippen LogP contribution in [0.3, 0.4) is 0 Å². The lowest BCUT2D eigenvalue weighted by molar-refractivity contribution is -0.154. The molecule has 0 bridgehead atoms. The molecule has 0 aromatic rings. The first-order chi connectivity index (χ1) is 11.4. The minimum Gasteiger partial charge on any atom is -0.460 e. The van der Waals surface area contributed by atoms with E-state index in [0.717, 1.165) is 25.3 Å². The van der Waals surface area contributed by atoms with Gasteiger partial charge in [0.1, 0.15) is 5.60 Å². The molecule has 1 saturated heterocycles. The van der Waals surface area contributed by atoms with Gasteiger partial charge in [-0.3, -0.25) is 4.79 Å². The molecule has 0 unspecified atom stereocenters. The minimum absolute atomic E-state index is 0.0547. The van der Waals surface area contributed by atoms with Crippen LogP contribution in [0.1, 0.15) is 85.0 Å². The van der Waals surface area contributed by atoms with E-state index in [1.165, 1.54) is 64.6 Å². The minimum atomic E-state index is -0.351. The van der Waals surface area contributed by atoms with Crippen LogP contribution in [-0.4, -0.2) is 42.6 Å². The highest BCUT2D eigenvalue weighted by Gasteiger charge is 2.17. The normalized spacial score (nSPS) is 17.2. The summed E-state index contributed by atoms with van der Waals surface area (Å²) in [6.07, 6.45) is 11.8. The predicted octanol–water partition coefficient (Wildman–Crippen LogP) is 4.12. The smallest absolute Gasteiger partial charge is 0.306 e. The zero-order valence-corrected chi connectivity index (χ0v) is 16.3. The Morgan fingerprint density at radius 1 is 1.00 bits per heavy atom. The van der Waals surface area contributed by atoms with Gasteiger partial charge in [0, 0.05) is 6.42 Å². The second-order valence-electron chi connectivity index (χ2n) is 8.33. The van der Waals surface area contributed by atoms with Gasteiger partial charge in [0.2, 0.25) is 0 Å². The first-order valence-electron chi connectivity index (χ1n) is 10.0. The zero-order chi connectivity index (χ0) is 17.8. The monoisotopic (exact) mass is 340 g/mol. The largest absolute Gasteiger partial charge is 0.460 e. The van der Waals surface area contributed by atoms with E-state index >= 15 is 0 Å². The third-order valence-electron chi connectivity index (χ3n) is 4.82. The van der Waals surface area contributed by atoms with Crippen molar-refractivity contribution in [2.24, 2.45) is 11.7 Å². The number of nitrogens with zero attached hydrogens (tertiary/aromatic N) is 1. The van der Waals surface area contributed by atoms with E-state index < -0.39 is 0 Å². The highest BCUT2D eigenvalue weighted by molar-refractivity contribution is 5.69. The second kappa shape index (κ2) is 11.9. The summed E-state index contributed by atoms with van der Waals surface area (Å²) < 4.78 is 5.32. The summed E-state index contributed by atoms with van der Waals surface area (Å²) in [6, 6.07) is 0. The summed E-state index contributed by atoms with van der Waals surface area (Å²) in [5.74, 6) is 0.711. The van der Waals surface area contributed by atoms with Crippen molar-refractivity contribution in [3.8, 4) is 0 Å². The number of esters is 1. The van der Waals surface area contributed by atoms with Crippen molar-refractivity contribution < 1.29 is 9.53 Å². The summed E-state index contributed by atoms with van der Waals surface area (Å²) in [4.78, 5) is 14.2. The van der Waals surface area contributed by atoms with Crippen LogP contribution in [0.5, 0.6) is 0 Å². The van der Waals surface area contributed by atoms with Crippen molar-refractivity contribution in [2.45, 2.75) is 90.6 Å². The Kier molecular flexibility index (Phi) is 10.6. The summed E-state index contributed by atoms with van der Waals surface area (Å²) in [5.41, 5.74) is 5.39. The van der Waals surface area contributed by atoms with E-state index in [-0.39, 0.29) is 11.6 Å². The SMILES string of the molecule is CC(C)(C)OC(=O)CCCCCCCCCN1CCC(CN)CC1. The van der Waals surface area contributed by atoms with E-state index in [1.807, 2.05) is 20.8 Å². The fraction of sp³-hybridized carbons (Fsp3) is 0.950. The van der Waals surface area contributed by atoms with Gasteiger partial charge in [0.15, 0.2) is 0 Å². The number of piperidine rings is 1. The highest BCUT2D eigenvalue weighted by Crippen LogP contribution is 2.17. The van der Waals surface area contributed by atoms with Gasteiger partial charge in [0.05, 0.1) is 0 Å². The topological polar surface area (TPSA) is 55.6 Å². The molecule has 0 saturated carbocycles. The third-order valence-corrected chi connectivity index (χ3v) is 4.82. The molecule has 1 heterocycles. The Labute approximate surface area is 149 Å². The van der Waals surface area contributed by atoms with Crippen molar-refractivity contribution >= 4 is 5.97 Å². The van der Waals surface area contributed by atoms with Gasteiger partial charge in [-0.05, 0) is 78.6 Å². The van der Waals surface area contributed by atoms with Crippen LogP contribution in [0.25, 0.3) is 0 Å². The first kappa shape index (κ1) is 21.4. The summed E-state index contributed by atoms with van der Waals surface area (Å²) in [7, 11) is 0. The number of hydrogen-bond acceptors (Lipinski definition) is 4. The van der Waals surface area contributed by atoms with Gasteiger partial charge in [0.25, 0.3) is 0 Å². The number of unbranched alkanes of at least 4 members (excludes halogenated alkanes) is 6. The molecule has 0 aromatic carbocycles. The number of rotatable bonds is 11. The van der Waals surface area contributed by atoms with Gasteiger partial charge in [-0.2, -0.15) is 0 Å². The number of carbonyl (C=O) groups is 1. The van der Waals surface area contributed by atoms with E-state index in [2.05, 4.69) is 4.90 Å². The van der Waals surface area contributed by atoms with Crippen LogP contribution < -0.4 is 5.73 Å². The molecular formula is C20H40N2O2. The maximum atomic E-state index is 11.6. The molecule has 0 radical (unpaired) electrons. The molecule has 0 amide bonds. The predicted molar refractivity (Wildman–Crippen MR) is 101 cm³/mol. The third kappa shape index (κ3) is 11.0. The molecule has 4 nitrogen and oxygen atoms in total. The second-order valence-corrected chi connectivity index (χ2v) is 8.33. The van der Waals surface area contributed by atoms with Crippen LogP contribution in [0, 0.1) is 5.92 Å². The Morgan fingerprint density at radius 3 is 2.08 bits per heavy atom. The van der Waals surface area contributed by atoms with E-state index in [0.29, 0.717) is 6.42 Å². The maximum absolute atomic E-state index is 11.6. The fourth-order valence-corrected chi connectivity index (χ4v) is 3.33. The summed E-state index contributed by atoms with van der Waals surface area (Å²) in [5, 5.41) is 0. The quantitative estimate of drug-likeness (QED) is 0.454. The number of ether oxygens (including phenoxy) is 1. The van der Waals surface area contributed by atoms with Crippen molar-refractivity contribution in [3.05, 3.63) is 0 Å². The molecule has 0 aliphatic carbocycles. The Hall–Kier alpha value is -0.610. The fourth-order valence-electron chi connectivity index (χ4n) is 3.33. The molecule has 0 spiro atoms. The average Bonchev–Trinajstić information content (AvgIpc) is 2.52. The van der Waals surface area contributed by atoms with Crippen molar-refractivity contribution in [3.63, 3.8) is 0 Å². The van der Waals surface area contributed by atoms with Gasteiger partial charge < -0.3 is 15.4 Å². The number of nitrogens with two attached hydrogens (primary N) is 1. The van der Waals surface area contributed by atoms with Crippen LogP contribution in [0.4, 0.5) is 0 Å². The zero-order valence-electron chi connectivity index (χ0n) is 16.3. The van der Waals surface area contributed by atoms with Gasteiger partial charge in [-0.25, -0.2) is 0 Å². The van der Waals surface area contributed by atoms with Crippen molar-refractivity contribution in [1.82, 2.24) is 4.90 Å². The Balaban J connectivity index is 1.85. The standard InChI is InChI=1S/C20H40N2O2/c1-20(2,3)24-19(23)11-9-7-5-4-6-8-10-14-22-15-12-18(17-21)13-16-22/h18H,4-17,21H2,1-3H3. The van der Waals surface area contributed by atoms with Crippen molar-refractivity contribution in [1.29, 1.82) is 0 Å². The number of likely N-dealkylation sites (tertiary alicyclic amines) is 1. The van der Waals surface area contributed by atoms with Gasteiger partial charge in [-0.1, -0.05) is 32.1 Å². The van der Waals surface area contributed by atoms with Gasteiger partial charge >= 0.3 is 5.97 Å². The molecule has 2 N–H and O–H groups in total. The molecule has 1 aliphatic rings. The van der Waals surface area contributed by atoms with E-state index in [4.69, 9.17) is 10.5 Å². The summed E-state index contributed by atoms with van der Waals surface area (Å²) in [6.45, 7) is 10.4. The maximum Gasteiger partial charge on any atom is 0.306 e. The lowest BCUT2D eigenvalue weighted by atomic mass is 9.97. The van der Waals surface area contributed by atoms with Crippen LogP contribution in [0.15, 0.2) is 0 Å². The van der Waals surface area contributed by atoms with Crippen LogP contribution >= 0.6 is 0 Å². The molecule has 142 valence electrons.